The molecular weight excluding hydrogens is 184 g/mol. The molecule has 0 aliphatic rings. The van der Waals surface area contributed by atoms with Crippen molar-refractivity contribution < 1.29 is 14.3 Å². The van der Waals surface area contributed by atoms with E-state index in [2.05, 4.69) is 10.6 Å². The number of nitrogens with one attached hydrogen (secondary N) is 2. The molecule has 5 heteroatoms. The lowest BCUT2D eigenvalue weighted by Crippen LogP contribution is -2.37. The van der Waals surface area contributed by atoms with Crippen LogP contribution in [-0.4, -0.2) is 46.1 Å². The zero-order chi connectivity index (χ0) is 10.6. The van der Waals surface area contributed by atoms with E-state index in [1.807, 2.05) is 6.92 Å². The van der Waals surface area contributed by atoms with Crippen molar-refractivity contribution in [1.29, 1.82) is 0 Å². The van der Waals surface area contributed by atoms with Gasteiger partial charge in [0.25, 0.3) is 0 Å². The fourth-order valence-electron chi connectivity index (χ4n) is 0.782. The molecule has 0 unspecified atom stereocenters. The summed E-state index contributed by atoms with van der Waals surface area (Å²) in [6.45, 7) is 4.91. The van der Waals surface area contributed by atoms with Gasteiger partial charge in [-0.25, -0.2) is 4.79 Å². The minimum Gasteiger partial charge on any atom is -0.382 e. The number of methoxy groups -OCH3 is 1. The van der Waals surface area contributed by atoms with Gasteiger partial charge in [0.1, 0.15) is 0 Å². The number of urea groups is 1. The van der Waals surface area contributed by atoms with Crippen molar-refractivity contribution in [3.63, 3.8) is 0 Å². The third kappa shape index (κ3) is 9.28. The molecule has 0 aromatic heterocycles. The number of rotatable bonds is 8. The third-order valence-electron chi connectivity index (χ3n) is 1.50. The minimum absolute atomic E-state index is 0.137. The Hall–Kier alpha value is -0.810. The summed E-state index contributed by atoms with van der Waals surface area (Å²) in [7, 11) is 1.62. The van der Waals surface area contributed by atoms with Gasteiger partial charge in [-0.1, -0.05) is 6.92 Å². The second kappa shape index (κ2) is 10.3. The van der Waals surface area contributed by atoms with Crippen molar-refractivity contribution in [2.45, 2.75) is 13.3 Å². The number of hydrogen-bond donors (Lipinski definition) is 2. The predicted octanol–water partition coefficient (Wildman–Crippen LogP) is 0.359. The minimum atomic E-state index is -0.137. The first kappa shape index (κ1) is 13.2. The highest BCUT2D eigenvalue weighted by molar-refractivity contribution is 5.73. The Morgan fingerprint density at radius 3 is 2.50 bits per heavy atom. The smallest absolute Gasteiger partial charge is 0.314 e. The summed E-state index contributed by atoms with van der Waals surface area (Å²) < 4.78 is 9.96. The second-order valence-corrected chi connectivity index (χ2v) is 2.79. The van der Waals surface area contributed by atoms with E-state index in [-0.39, 0.29) is 6.03 Å². The van der Waals surface area contributed by atoms with Gasteiger partial charge in [0.15, 0.2) is 0 Å². The molecule has 5 nitrogen and oxygen atoms in total. The molecule has 0 aromatic rings. The summed E-state index contributed by atoms with van der Waals surface area (Å²) in [5.74, 6) is 0. The van der Waals surface area contributed by atoms with Crippen LogP contribution in [-0.2, 0) is 9.47 Å². The van der Waals surface area contributed by atoms with Crippen molar-refractivity contribution in [3.8, 4) is 0 Å². The van der Waals surface area contributed by atoms with Crippen LogP contribution in [0.4, 0.5) is 4.79 Å². The molecule has 84 valence electrons. The molecular formula is C9H20N2O3. The summed E-state index contributed by atoms with van der Waals surface area (Å²) in [4.78, 5) is 11.0. The molecule has 0 heterocycles. The summed E-state index contributed by atoms with van der Waals surface area (Å²) in [6.07, 6.45) is 0.942. The van der Waals surface area contributed by atoms with Crippen LogP contribution in [0.5, 0.6) is 0 Å². The zero-order valence-electron chi connectivity index (χ0n) is 8.97. The monoisotopic (exact) mass is 204 g/mol. The number of carbonyl (C=O) groups is 1. The summed E-state index contributed by atoms with van der Waals surface area (Å²) in [5.41, 5.74) is 0. The molecule has 0 bridgehead atoms. The molecule has 0 aliphatic carbocycles. The van der Waals surface area contributed by atoms with Gasteiger partial charge in [-0.05, 0) is 6.42 Å². The van der Waals surface area contributed by atoms with Crippen molar-refractivity contribution in [3.05, 3.63) is 0 Å². The van der Waals surface area contributed by atoms with Gasteiger partial charge in [0, 0.05) is 20.2 Å². The van der Waals surface area contributed by atoms with Gasteiger partial charge in [-0.2, -0.15) is 0 Å². The third-order valence-corrected chi connectivity index (χ3v) is 1.50. The number of hydrogen-bond acceptors (Lipinski definition) is 3. The Balaban J connectivity index is 3.07. The largest absolute Gasteiger partial charge is 0.382 e. The van der Waals surface area contributed by atoms with E-state index in [1.54, 1.807) is 7.11 Å². The van der Waals surface area contributed by atoms with Gasteiger partial charge in [-0.3, -0.25) is 0 Å². The molecule has 0 radical (unpaired) electrons. The molecule has 0 saturated heterocycles. The van der Waals surface area contributed by atoms with Crippen LogP contribution in [0.15, 0.2) is 0 Å². The highest BCUT2D eigenvalue weighted by atomic mass is 16.5. The molecule has 0 fully saturated rings. The van der Waals surface area contributed by atoms with Crippen molar-refractivity contribution in [2.75, 3.05) is 40.0 Å². The van der Waals surface area contributed by atoms with Gasteiger partial charge >= 0.3 is 6.03 Å². The topological polar surface area (TPSA) is 59.6 Å². The first-order valence-electron chi connectivity index (χ1n) is 4.89. The Morgan fingerprint density at radius 1 is 1.14 bits per heavy atom. The second-order valence-electron chi connectivity index (χ2n) is 2.79. The average Bonchev–Trinajstić information content (AvgIpc) is 2.20. The number of carbonyl (C=O) groups excluding carboxylic acids is 1. The Kier molecular flexibility index (Phi) is 9.68. The highest BCUT2D eigenvalue weighted by Gasteiger charge is 1.96. The molecule has 0 saturated carbocycles. The highest BCUT2D eigenvalue weighted by Crippen LogP contribution is 1.75. The summed E-state index contributed by atoms with van der Waals surface area (Å²) >= 11 is 0. The average molecular weight is 204 g/mol. The Labute approximate surface area is 85.1 Å². The van der Waals surface area contributed by atoms with E-state index >= 15 is 0 Å². The van der Waals surface area contributed by atoms with Crippen LogP contribution < -0.4 is 10.6 Å². The van der Waals surface area contributed by atoms with Crippen LogP contribution in [0.2, 0.25) is 0 Å². The fraction of sp³-hybridized carbons (Fsp3) is 0.889. The van der Waals surface area contributed by atoms with Crippen LogP contribution in [0.25, 0.3) is 0 Å². The fourth-order valence-corrected chi connectivity index (χ4v) is 0.782. The predicted molar refractivity (Wildman–Crippen MR) is 54.4 cm³/mol. The SMILES string of the molecule is CCCNC(=O)NCCOCCOC. The molecule has 0 spiro atoms. The van der Waals surface area contributed by atoms with Gasteiger partial charge in [0.05, 0.1) is 19.8 Å². The maximum atomic E-state index is 11.0. The lowest BCUT2D eigenvalue weighted by molar-refractivity contribution is 0.0726. The molecule has 0 aromatic carbocycles. The molecule has 2 amide bonds. The van der Waals surface area contributed by atoms with E-state index < -0.39 is 0 Å². The van der Waals surface area contributed by atoms with Crippen LogP contribution in [0.3, 0.4) is 0 Å². The Morgan fingerprint density at radius 2 is 1.86 bits per heavy atom. The number of ether oxygens (including phenoxy) is 2. The van der Waals surface area contributed by atoms with Crippen molar-refractivity contribution in [1.82, 2.24) is 10.6 Å². The first-order valence-corrected chi connectivity index (χ1v) is 4.89. The van der Waals surface area contributed by atoms with Gasteiger partial charge < -0.3 is 20.1 Å². The van der Waals surface area contributed by atoms with E-state index in [0.29, 0.717) is 32.9 Å². The van der Waals surface area contributed by atoms with Gasteiger partial charge in [-0.15, -0.1) is 0 Å². The molecule has 14 heavy (non-hydrogen) atoms. The molecule has 0 aliphatic heterocycles. The molecule has 0 rings (SSSR count). The van der Waals surface area contributed by atoms with Crippen molar-refractivity contribution in [2.24, 2.45) is 0 Å². The van der Waals surface area contributed by atoms with Crippen molar-refractivity contribution >= 4 is 6.03 Å². The first-order chi connectivity index (χ1) is 6.81. The maximum absolute atomic E-state index is 11.0. The summed E-state index contributed by atoms with van der Waals surface area (Å²) in [6, 6.07) is -0.137. The van der Waals surface area contributed by atoms with E-state index in [9.17, 15) is 4.79 Å². The van der Waals surface area contributed by atoms with E-state index in [0.717, 1.165) is 6.42 Å². The molecule has 0 atom stereocenters. The van der Waals surface area contributed by atoms with Crippen LogP contribution in [0.1, 0.15) is 13.3 Å². The summed E-state index contributed by atoms with van der Waals surface area (Å²) in [5, 5.41) is 5.38. The van der Waals surface area contributed by atoms with Gasteiger partial charge in [0.2, 0.25) is 0 Å². The quantitative estimate of drug-likeness (QED) is 0.561. The standard InChI is InChI=1S/C9H20N2O3/c1-3-4-10-9(12)11-5-6-14-8-7-13-2/h3-8H2,1-2H3,(H2,10,11,12). The van der Waals surface area contributed by atoms with E-state index in [1.165, 1.54) is 0 Å². The lowest BCUT2D eigenvalue weighted by Gasteiger charge is -2.06. The van der Waals surface area contributed by atoms with Crippen LogP contribution in [0, 0.1) is 0 Å². The number of amides is 2. The normalized spacial score (nSPS) is 9.86. The molecule has 2 N–H and O–H groups in total. The lowest BCUT2D eigenvalue weighted by atomic mass is 10.5. The van der Waals surface area contributed by atoms with Crippen LogP contribution >= 0.6 is 0 Å². The zero-order valence-corrected chi connectivity index (χ0v) is 8.97. The van der Waals surface area contributed by atoms with E-state index in [4.69, 9.17) is 9.47 Å². The Bertz CT molecular complexity index is 142. The maximum Gasteiger partial charge on any atom is 0.314 e.